The molecular weight excluding hydrogens is 303 g/mol. The maximum Gasteiger partial charge on any atom is 0.346 e. The second kappa shape index (κ2) is 5.88. The fraction of sp³-hybridized carbons (Fsp3) is 0.455. The zero-order chi connectivity index (χ0) is 16.4. The maximum absolute atomic E-state index is 11.8. The van der Waals surface area contributed by atoms with Crippen molar-refractivity contribution in [3.8, 4) is 0 Å². The lowest BCUT2D eigenvalue weighted by Crippen LogP contribution is -2.24. The third-order valence-corrected chi connectivity index (χ3v) is 5.64. The number of hydrogen-bond acceptors (Lipinski definition) is 5. The molecule has 0 aliphatic carbocycles. The number of nitro benzene ring substituents is 2. The molecule has 0 aromatic heterocycles. The summed E-state index contributed by atoms with van der Waals surface area (Å²) in [5, 5.41) is 20.1. The van der Waals surface area contributed by atoms with Gasteiger partial charge in [0.25, 0.3) is 0 Å². The van der Waals surface area contributed by atoms with Crippen molar-refractivity contribution < 1.29 is 24.2 Å². The Morgan fingerprint density at radius 3 is 1.90 bits per heavy atom. The van der Waals surface area contributed by atoms with Crippen LogP contribution in [-0.4, -0.2) is 19.6 Å². The third-order valence-electron chi connectivity index (χ3n) is 3.63. The highest BCUT2D eigenvalue weighted by Gasteiger charge is 2.46. The Balaban J connectivity index is 3.64. The molecule has 0 saturated heterocycles. The minimum absolute atomic E-state index is 0.0260. The van der Waals surface area contributed by atoms with Gasteiger partial charge < -0.3 is 9.79 Å². The molecule has 0 fully saturated rings. The molecule has 0 aliphatic rings. The van der Waals surface area contributed by atoms with E-state index < -0.39 is 34.0 Å². The topological polar surface area (TPSA) is 144 Å². The molecular formula is C11H15N2O7P. The van der Waals surface area contributed by atoms with Gasteiger partial charge in [-0.3, -0.25) is 24.8 Å². The SMILES string of the molecule is CCC(CC)(c1ccc([N+](=O)[O-])c([N+](=O)[O-])c1)P(=O)(O)O. The number of nitro groups is 2. The van der Waals surface area contributed by atoms with Gasteiger partial charge in [-0.25, -0.2) is 0 Å². The van der Waals surface area contributed by atoms with E-state index in [0.29, 0.717) is 0 Å². The van der Waals surface area contributed by atoms with E-state index in [1.165, 1.54) is 0 Å². The van der Waals surface area contributed by atoms with Crippen molar-refractivity contribution in [1.82, 2.24) is 0 Å². The average Bonchev–Trinajstić information content (AvgIpc) is 2.38. The molecule has 0 saturated carbocycles. The summed E-state index contributed by atoms with van der Waals surface area (Å²) >= 11 is 0. The Hall–Kier alpha value is -1.83. The average molecular weight is 318 g/mol. The van der Waals surface area contributed by atoms with Crippen molar-refractivity contribution in [1.29, 1.82) is 0 Å². The molecule has 116 valence electrons. The summed E-state index contributed by atoms with van der Waals surface area (Å²) in [4.78, 5) is 39.1. The molecule has 0 unspecified atom stereocenters. The van der Waals surface area contributed by atoms with Crippen molar-refractivity contribution >= 4 is 19.0 Å². The monoisotopic (exact) mass is 318 g/mol. The quantitative estimate of drug-likeness (QED) is 0.466. The van der Waals surface area contributed by atoms with Crippen molar-refractivity contribution in [2.24, 2.45) is 0 Å². The fourth-order valence-electron chi connectivity index (χ4n) is 2.35. The molecule has 1 aromatic rings. The van der Waals surface area contributed by atoms with E-state index in [4.69, 9.17) is 0 Å². The first kappa shape index (κ1) is 17.2. The van der Waals surface area contributed by atoms with Crippen molar-refractivity contribution in [2.45, 2.75) is 31.8 Å². The highest BCUT2D eigenvalue weighted by molar-refractivity contribution is 7.53. The van der Waals surface area contributed by atoms with Crippen LogP contribution in [0.1, 0.15) is 32.3 Å². The van der Waals surface area contributed by atoms with E-state index in [2.05, 4.69) is 0 Å². The van der Waals surface area contributed by atoms with Crippen LogP contribution in [0.2, 0.25) is 0 Å². The van der Waals surface area contributed by atoms with Gasteiger partial charge in [-0.15, -0.1) is 0 Å². The van der Waals surface area contributed by atoms with Crippen LogP contribution in [0.25, 0.3) is 0 Å². The zero-order valence-corrected chi connectivity index (χ0v) is 12.3. The zero-order valence-electron chi connectivity index (χ0n) is 11.4. The lowest BCUT2D eigenvalue weighted by molar-refractivity contribution is -0.422. The van der Waals surface area contributed by atoms with Gasteiger partial charge in [0.15, 0.2) is 0 Å². The van der Waals surface area contributed by atoms with Crippen LogP contribution in [-0.2, 0) is 9.72 Å². The van der Waals surface area contributed by atoms with Gasteiger partial charge in [0.1, 0.15) is 0 Å². The number of nitrogens with zero attached hydrogens (tertiary/aromatic N) is 2. The smallest absolute Gasteiger partial charge is 0.324 e. The molecule has 2 N–H and O–H groups in total. The minimum atomic E-state index is -4.61. The van der Waals surface area contributed by atoms with E-state index >= 15 is 0 Å². The Morgan fingerprint density at radius 1 is 1.10 bits per heavy atom. The van der Waals surface area contributed by atoms with Crippen molar-refractivity contribution in [3.63, 3.8) is 0 Å². The first-order valence-electron chi connectivity index (χ1n) is 6.09. The molecule has 10 heteroatoms. The summed E-state index contributed by atoms with van der Waals surface area (Å²) in [6, 6.07) is 2.95. The fourth-order valence-corrected chi connectivity index (χ4v) is 3.65. The summed E-state index contributed by atoms with van der Waals surface area (Å²) in [6.07, 6.45) is 0.0888. The van der Waals surface area contributed by atoms with Crippen LogP contribution in [0.15, 0.2) is 18.2 Å². The first-order chi connectivity index (χ1) is 9.60. The van der Waals surface area contributed by atoms with Crippen LogP contribution in [0.3, 0.4) is 0 Å². The predicted molar refractivity (Wildman–Crippen MR) is 74.1 cm³/mol. The highest BCUT2D eigenvalue weighted by atomic mass is 31.2. The summed E-state index contributed by atoms with van der Waals surface area (Å²) in [5.41, 5.74) is -1.47. The van der Waals surface area contributed by atoms with E-state index in [1.807, 2.05) is 0 Å². The molecule has 9 nitrogen and oxygen atoms in total. The Labute approximate surface area is 120 Å². The number of benzene rings is 1. The Bertz CT molecular complexity index is 621. The summed E-state index contributed by atoms with van der Waals surface area (Å²) < 4.78 is 11.8. The summed E-state index contributed by atoms with van der Waals surface area (Å²) in [6.45, 7) is 3.10. The largest absolute Gasteiger partial charge is 0.346 e. The van der Waals surface area contributed by atoms with E-state index in [9.17, 15) is 34.6 Å². The lowest BCUT2D eigenvalue weighted by Gasteiger charge is -2.32. The molecule has 0 aliphatic heterocycles. The minimum Gasteiger partial charge on any atom is -0.324 e. The molecule has 1 rings (SSSR count). The molecule has 0 spiro atoms. The van der Waals surface area contributed by atoms with Gasteiger partial charge >= 0.3 is 19.0 Å². The molecule has 0 atom stereocenters. The predicted octanol–water partition coefficient (Wildman–Crippen LogP) is 2.70. The molecule has 0 radical (unpaired) electrons. The van der Waals surface area contributed by atoms with Gasteiger partial charge in [-0.05, 0) is 18.4 Å². The second-order valence-electron chi connectivity index (χ2n) is 4.50. The maximum atomic E-state index is 11.8. The number of hydrogen-bond donors (Lipinski definition) is 2. The van der Waals surface area contributed by atoms with Crippen LogP contribution < -0.4 is 0 Å². The van der Waals surface area contributed by atoms with Crippen LogP contribution >= 0.6 is 7.60 Å². The molecule has 21 heavy (non-hydrogen) atoms. The van der Waals surface area contributed by atoms with Crippen molar-refractivity contribution in [3.05, 3.63) is 44.0 Å². The van der Waals surface area contributed by atoms with Gasteiger partial charge in [0, 0.05) is 12.1 Å². The van der Waals surface area contributed by atoms with Gasteiger partial charge in [-0.1, -0.05) is 19.9 Å². The van der Waals surface area contributed by atoms with E-state index in [-0.39, 0.29) is 18.4 Å². The summed E-state index contributed by atoms with van der Waals surface area (Å²) in [7, 11) is -4.61. The Morgan fingerprint density at radius 2 is 1.57 bits per heavy atom. The second-order valence-corrected chi connectivity index (χ2v) is 6.44. The Kier molecular flexibility index (Phi) is 4.83. The molecule has 0 bridgehead atoms. The molecule has 0 heterocycles. The number of rotatable bonds is 6. The molecule has 1 aromatic carbocycles. The normalized spacial score (nSPS) is 12.2. The van der Waals surface area contributed by atoms with Crippen LogP contribution in [0.5, 0.6) is 0 Å². The van der Waals surface area contributed by atoms with Gasteiger partial charge in [-0.2, -0.15) is 0 Å². The van der Waals surface area contributed by atoms with Crippen molar-refractivity contribution in [2.75, 3.05) is 0 Å². The molecule has 0 amide bonds. The van der Waals surface area contributed by atoms with Gasteiger partial charge in [0.2, 0.25) is 0 Å². The first-order valence-corrected chi connectivity index (χ1v) is 7.71. The third kappa shape index (κ3) is 2.94. The summed E-state index contributed by atoms with van der Waals surface area (Å²) in [5.74, 6) is 0. The van der Waals surface area contributed by atoms with Gasteiger partial charge in [0.05, 0.1) is 15.0 Å². The van der Waals surface area contributed by atoms with Crippen LogP contribution in [0.4, 0.5) is 11.4 Å². The van der Waals surface area contributed by atoms with Crippen LogP contribution in [0, 0.1) is 20.2 Å². The van der Waals surface area contributed by atoms with E-state index in [1.54, 1.807) is 13.8 Å². The standard InChI is InChI=1S/C11H15N2O7P/c1-3-11(4-2,21(18,19)20)8-5-6-9(12(14)15)10(7-8)13(16)17/h5-7H,3-4H2,1-2H3,(H2,18,19,20). The lowest BCUT2D eigenvalue weighted by atomic mass is 9.92. The van der Waals surface area contributed by atoms with E-state index in [0.717, 1.165) is 18.2 Å². The highest BCUT2D eigenvalue weighted by Crippen LogP contribution is 2.61.